The summed E-state index contributed by atoms with van der Waals surface area (Å²) >= 11 is 2.25. The highest BCUT2D eigenvalue weighted by Gasteiger charge is 2.13. The zero-order valence-electron chi connectivity index (χ0n) is 8.15. The zero-order valence-corrected chi connectivity index (χ0v) is 10.3. The molecule has 1 aliphatic rings. The molecule has 0 spiro atoms. The molecule has 76 valence electrons. The van der Waals surface area contributed by atoms with E-state index in [1.807, 2.05) is 23.1 Å². The molecule has 0 unspecified atom stereocenters. The quantitative estimate of drug-likeness (QED) is 0.757. The number of hydrogen-bond acceptors (Lipinski definition) is 2. The Balaban J connectivity index is 2.06. The predicted molar refractivity (Wildman–Crippen MR) is 66.1 cm³/mol. The van der Waals surface area contributed by atoms with Gasteiger partial charge in [-0.05, 0) is 53.5 Å². The van der Waals surface area contributed by atoms with Crippen LogP contribution in [0, 0.1) is 3.57 Å². The van der Waals surface area contributed by atoms with Gasteiger partial charge in [0.2, 0.25) is 0 Å². The second kappa shape index (κ2) is 3.59. The number of halogens is 1. The van der Waals surface area contributed by atoms with E-state index in [2.05, 4.69) is 38.7 Å². The fraction of sp³-hybridized carbons (Fsp3) is 0.273. The van der Waals surface area contributed by atoms with Gasteiger partial charge >= 0.3 is 0 Å². The summed E-state index contributed by atoms with van der Waals surface area (Å²) in [5.41, 5.74) is 2.65. The van der Waals surface area contributed by atoms with E-state index >= 15 is 0 Å². The van der Waals surface area contributed by atoms with Gasteiger partial charge in [-0.15, -0.1) is 0 Å². The second-order valence-electron chi connectivity index (χ2n) is 3.73. The van der Waals surface area contributed by atoms with E-state index in [0.717, 1.165) is 15.8 Å². The highest BCUT2D eigenvalue weighted by atomic mass is 127. The van der Waals surface area contributed by atoms with Crippen LogP contribution in [0.2, 0.25) is 0 Å². The largest absolute Gasteiger partial charge is 0.233 e. The van der Waals surface area contributed by atoms with Crippen molar-refractivity contribution in [2.75, 3.05) is 0 Å². The summed E-state index contributed by atoms with van der Waals surface area (Å²) in [5.74, 6) is 0.929. The summed E-state index contributed by atoms with van der Waals surface area (Å²) in [6.07, 6.45) is 7.36. The third kappa shape index (κ3) is 1.67. The van der Waals surface area contributed by atoms with E-state index in [1.165, 1.54) is 24.1 Å². The number of aryl methyl sites for hydroxylation is 2. The Morgan fingerprint density at radius 2 is 2.20 bits per heavy atom. The van der Waals surface area contributed by atoms with Gasteiger partial charge in [-0.25, -0.2) is 9.67 Å². The number of hydrogen-bond donors (Lipinski definition) is 0. The molecule has 4 heteroatoms. The minimum Gasteiger partial charge on any atom is -0.233 e. The van der Waals surface area contributed by atoms with Crippen LogP contribution >= 0.6 is 22.6 Å². The van der Waals surface area contributed by atoms with Crippen molar-refractivity contribution in [3.8, 4) is 5.82 Å². The molecule has 1 aliphatic carbocycles. The van der Waals surface area contributed by atoms with Crippen molar-refractivity contribution in [3.05, 3.63) is 39.4 Å². The third-order valence-corrected chi connectivity index (χ3v) is 3.26. The van der Waals surface area contributed by atoms with Crippen LogP contribution < -0.4 is 0 Å². The molecule has 15 heavy (non-hydrogen) atoms. The first-order chi connectivity index (χ1) is 7.33. The normalized spacial score (nSPS) is 14.2. The van der Waals surface area contributed by atoms with Gasteiger partial charge in [0.15, 0.2) is 5.82 Å². The monoisotopic (exact) mass is 311 g/mol. The van der Waals surface area contributed by atoms with E-state index < -0.39 is 0 Å². The smallest absolute Gasteiger partial charge is 0.153 e. The number of aromatic nitrogens is 3. The summed E-state index contributed by atoms with van der Waals surface area (Å²) < 4.78 is 2.97. The van der Waals surface area contributed by atoms with Crippen molar-refractivity contribution in [1.82, 2.24) is 14.8 Å². The minimum atomic E-state index is 0.929. The molecule has 0 saturated heterocycles. The van der Waals surface area contributed by atoms with Gasteiger partial charge in [-0.1, -0.05) is 6.07 Å². The highest BCUT2D eigenvalue weighted by molar-refractivity contribution is 14.1. The molecular formula is C11H10IN3. The number of pyridine rings is 1. The van der Waals surface area contributed by atoms with E-state index in [4.69, 9.17) is 0 Å². The SMILES string of the molecule is Ic1cnn(-c2ccc3c(n2)CCC3)c1. The zero-order chi connectivity index (χ0) is 10.3. The molecule has 0 fully saturated rings. The molecule has 3 rings (SSSR count). The van der Waals surface area contributed by atoms with Crippen LogP contribution in [0.4, 0.5) is 0 Å². The van der Waals surface area contributed by atoms with Gasteiger partial charge in [0.05, 0.1) is 9.77 Å². The lowest BCUT2D eigenvalue weighted by Gasteiger charge is -2.03. The van der Waals surface area contributed by atoms with Crippen molar-refractivity contribution in [1.29, 1.82) is 0 Å². The third-order valence-electron chi connectivity index (χ3n) is 2.70. The summed E-state index contributed by atoms with van der Waals surface area (Å²) in [6, 6.07) is 4.23. The van der Waals surface area contributed by atoms with Crippen molar-refractivity contribution in [2.24, 2.45) is 0 Å². The average Bonchev–Trinajstić information content (AvgIpc) is 2.84. The van der Waals surface area contributed by atoms with Crippen LogP contribution in [0.5, 0.6) is 0 Å². The molecule has 0 aromatic carbocycles. The highest BCUT2D eigenvalue weighted by Crippen LogP contribution is 2.21. The first kappa shape index (κ1) is 9.33. The standard InChI is InChI=1S/C11H10IN3/c12-9-6-13-15(7-9)11-5-4-8-2-1-3-10(8)14-11/h4-7H,1-3H2. The van der Waals surface area contributed by atoms with Gasteiger partial charge in [-0.2, -0.15) is 5.10 Å². The van der Waals surface area contributed by atoms with Crippen molar-refractivity contribution >= 4 is 22.6 Å². The van der Waals surface area contributed by atoms with E-state index in [1.54, 1.807) is 0 Å². The molecule has 2 aromatic heterocycles. The maximum Gasteiger partial charge on any atom is 0.153 e. The Kier molecular flexibility index (Phi) is 2.23. The molecule has 0 amide bonds. The maximum atomic E-state index is 4.63. The molecule has 2 aromatic rings. The molecule has 0 N–H and O–H groups in total. The van der Waals surface area contributed by atoms with Crippen molar-refractivity contribution < 1.29 is 0 Å². The molecule has 0 radical (unpaired) electrons. The summed E-state index contributed by atoms with van der Waals surface area (Å²) in [5, 5.41) is 4.26. The second-order valence-corrected chi connectivity index (χ2v) is 4.98. The molecule has 3 nitrogen and oxygen atoms in total. The lowest BCUT2D eigenvalue weighted by molar-refractivity contribution is 0.831. The van der Waals surface area contributed by atoms with Crippen LogP contribution in [0.3, 0.4) is 0 Å². The Labute approximate surface area is 102 Å². The van der Waals surface area contributed by atoms with E-state index in [9.17, 15) is 0 Å². The van der Waals surface area contributed by atoms with Gasteiger partial charge in [-0.3, -0.25) is 0 Å². The Bertz CT molecular complexity index is 504. The Morgan fingerprint density at radius 3 is 3.00 bits per heavy atom. The van der Waals surface area contributed by atoms with Gasteiger partial charge < -0.3 is 0 Å². The van der Waals surface area contributed by atoms with Gasteiger partial charge in [0.1, 0.15) is 0 Å². The summed E-state index contributed by atoms with van der Waals surface area (Å²) in [4.78, 5) is 4.63. The fourth-order valence-corrected chi connectivity index (χ4v) is 2.35. The summed E-state index contributed by atoms with van der Waals surface area (Å²) in [6.45, 7) is 0. The van der Waals surface area contributed by atoms with Crippen molar-refractivity contribution in [3.63, 3.8) is 0 Å². The molecule has 0 saturated carbocycles. The predicted octanol–water partition coefficient (Wildman–Crippen LogP) is 2.36. The first-order valence-electron chi connectivity index (χ1n) is 5.02. The van der Waals surface area contributed by atoms with Gasteiger partial charge in [0.25, 0.3) is 0 Å². The topological polar surface area (TPSA) is 30.7 Å². The number of fused-ring (bicyclic) bond motifs is 1. The molecular weight excluding hydrogens is 301 g/mol. The Morgan fingerprint density at radius 1 is 1.27 bits per heavy atom. The molecule has 0 bridgehead atoms. The van der Waals surface area contributed by atoms with Crippen LogP contribution in [0.1, 0.15) is 17.7 Å². The molecule has 0 aliphatic heterocycles. The lowest BCUT2D eigenvalue weighted by Crippen LogP contribution is -2.00. The van der Waals surface area contributed by atoms with Crippen LogP contribution in [-0.2, 0) is 12.8 Å². The van der Waals surface area contributed by atoms with Crippen LogP contribution in [0.15, 0.2) is 24.5 Å². The fourth-order valence-electron chi connectivity index (χ4n) is 1.96. The number of nitrogens with zero attached hydrogens (tertiary/aromatic N) is 3. The van der Waals surface area contributed by atoms with Crippen LogP contribution in [-0.4, -0.2) is 14.8 Å². The van der Waals surface area contributed by atoms with Crippen LogP contribution in [0.25, 0.3) is 5.82 Å². The molecule has 2 heterocycles. The Hall–Kier alpha value is -0.910. The maximum absolute atomic E-state index is 4.63. The van der Waals surface area contributed by atoms with E-state index in [-0.39, 0.29) is 0 Å². The van der Waals surface area contributed by atoms with E-state index in [0.29, 0.717) is 0 Å². The van der Waals surface area contributed by atoms with Crippen molar-refractivity contribution in [2.45, 2.75) is 19.3 Å². The molecule has 0 atom stereocenters. The van der Waals surface area contributed by atoms with Gasteiger partial charge in [0, 0.05) is 11.9 Å². The number of rotatable bonds is 1. The first-order valence-corrected chi connectivity index (χ1v) is 6.10. The summed E-state index contributed by atoms with van der Waals surface area (Å²) in [7, 11) is 0. The lowest BCUT2D eigenvalue weighted by atomic mass is 10.2. The minimum absolute atomic E-state index is 0.929. The average molecular weight is 311 g/mol.